The van der Waals surface area contributed by atoms with Gasteiger partial charge in [0, 0.05) is 5.56 Å². The van der Waals surface area contributed by atoms with Crippen molar-refractivity contribution < 1.29 is 14.7 Å². The van der Waals surface area contributed by atoms with Gasteiger partial charge in [0.2, 0.25) is 0 Å². The lowest BCUT2D eigenvalue weighted by Crippen LogP contribution is -2.41. The Balaban J connectivity index is 2.61. The lowest BCUT2D eigenvalue weighted by molar-refractivity contribution is -0.139. The minimum Gasteiger partial charge on any atom is -0.480 e. The van der Waals surface area contributed by atoms with E-state index in [9.17, 15) is 9.59 Å². The van der Waals surface area contributed by atoms with Crippen molar-refractivity contribution in [2.75, 3.05) is 12.0 Å². The third kappa shape index (κ3) is 4.48. The van der Waals surface area contributed by atoms with E-state index in [0.29, 0.717) is 17.7 Å². The summed E-state index contributed by atoms with van der Waals surface area (Å²) in [6, 6.07) is 7.78. The molecule has 0 aliphatic rings. The van der Waals surface area contributed by atoms with Gasteiger partial charge < -0.3 is 10.4 Å². The fourth-order valence-electron chi connectivity index (χ4n) is 1.32. The Morgan fingerprint density at radius 3 is 2.53 bits per heavy atom. The summed E-state index contributed by atoms with van der Waals surface area (Å²) in [5.74, 6) is -0.645. The zero-order valence-electron chi connectivity index (χ0n) is 9.55. The number of thioether (sulfide) groups is 1. The summed E-state index contributed by atoms with van der Waals surface area (Å²) < 4.78 is 0. The molecule has 17 heavy (non-hydrogen) atoms. The highest BCUT2D eigenvalue weighted by molar-refractivity contribution is 7.98. The van der Waals surface area contributed by atoms with E-state index < -0.39 is 12.0 Å². The van der Waals surface area contributed by atoms with Crippen molar-refractivity contribution in [2.24, 2.45) is 0 Å². The van der Waals surface area contributed by atoms with Crippen LogP contribution in [-0.2, 0) is 4.79 Å². The number of rotatable bonds is 6. The number of aliphatic carboxylic acids is 1. The van der Waals surface area contributed by atoms with E-state index in [-0.39, 0.29) is 5.91 Å². The molecule has 0 aliphatic heterocycles. The van der Waals surface area contributed by atoms with Crippen molar-refractivity contribution in [2.45, 2.75) is 12.5 Å². The molecule has 0 aliphatic carbocycles. The Hall–Kier alpha value is -1.49. The fourth-order valence-corrected chi connectivity index (χ4v) is 1.80. The van der Waals surface area contributed by atoms with Gasteiger partial charge >= 0.3 is 5.97 Å². The summed E-state index contributed by atoms with van der Waals surface area (Å²) in [6.45, 7) is 0. The zero-order chi connectivity index (χ0) is 12.7. The smallest absolute Gasteiger partial charge is 0.326 e. The van der Waals surface area contributed by atoms with E-state index in [1.807, 2.05) is 6.26 Å². The lowest BCUT2D eigenvalue weighted by Gasteiger charge is -2.13. The Morgan fingerprint density at radius 1 is 1.35 bits per heavy atom. The van der Waals surface area contributed by atoms with Crippen molar-refractivity contribution in [1.29, 1.82) is 0 Å². The minimum absolute atomic E-state index is 0.348. The molecule has 4 nitrogen and oxygen atoms in total. The van der Waals surface area contributed by atoms with Gasteiger partial charge in [-0.05, 0) is 30.6 Å². The minimum atomic E-state index is -0.997. The molecule has 1 aromatic rings. The molecule has 0 bridgehead atoms. The van der Waals surface area contributed by atoms with Crippen LogP contribution in [0.5, 0.6) is 0 Å². The van der Waals surface area contributed by atoms with E-state index in [2.05, 4.69) is 5.32 Å². The molecule has 0 spiro atoms. The third-order valence-electron chi connectivity index (χ3n) is 2.25. The number of carbonyl (C=O) groups is 2. The fraction of sp³-hybridized carbons (Fsp3) is 0.333. The van der Waals surface area contributed by atoms with Gasteiger partial charge in [0.05, 0.1) is 0 Å². The van der Waals surface area contributed by atoms with E-state index in [4.69, 9.17) is 5.11 Å². The first-order valence-corrected chi connectivity index (χ1v) is 6.62. The van der Waals surface area contributed by atoms with Gasteiger partial charge in [0.15, 0.2) is 0 Å². The van der Waals surface area contributed by atoms with E-state index in [0.717, 1.165) is 0 Å². The number of hydrogen-bond donors (Lipinski definition) is 2. The zero-order valence-corrected chi connectivity index (χ0v) is 10.4. The number of carboxylic acids is 1. The van der Waals surface area contributed by atoms with Gasteiger partial charge in [-0.1, -0.05) is 18.2 Å². The quantitative estimate of drug-likeness (QED) is 0.808. The highest BCUT2D eigenvalue weighted by Crippen LogP contribution is 2.04. The summed E-state index contributed by atoms with van der Waals surface area (Å²) in [4.78, 5) is 22.7. The molecule has 0 radical (unpaired) electrons. The molecule has 1 atom stereocenters. The predicted octanol–water partition coefficient (Wildman–Crippen LogP) is 1.62. The van der Waals surface area contributed by atoms with Crippen LogP contribution in [0.4, 0.5) is 0 Å². The molecular formula is C12H15NO3S. The second-order valence-electron chi connectivity index (χ2n) is 3.51. The molecule has 0 saturated heterocycles. The Bertz CT molecular complexity index is 381. The highest BCUT2D eigenvalue weighted by atomic mass is 32.2. The van der Waals surface area contributed by atoms with Crippen molar-refractivity contribution in [1.82, 2.24) is 5.32 Å². The van der Waals surface area contributed by atoms with Crippen LogP contribution in [-0.4, -0.2) is 35.0 Å². The monoisotopic (exact) mass is 253 g/mol. The maximum Gasteiger partial charge on any atom is 0.326 e. The molecule has 2 N–H and O–H groups in total. The summed E-state index contributed by atoms with van der Waals surface area (Å²) in [5.41, 5.74) is 0.475. The van der Waals surface area contributed by atoms with Crippen molar-refractivity contribution in [3.05, 3.63) is 35.9 Å². The normalized spacial score (nSPS) is 11.8. The summed E-state index contributed by atoms with van der Waals surface area (Å²) in [6.07, 6.45) is 2.33. The van der Waals surface area contributed by atoms with Gasteiger partial charge in [0.25, 0.3) is 5.91 Å². The van der Waals surface area contributed by atoms with Gasteiger partial charge in [0.1, 0.15) is 6.04 Å². The Morgan fingerprint density at radius 2 is 2.00 bits per heavy atom. The van der Waals surface area contributed by atoms with Crippen LogP contribution < -0.4 is 5.32 Å². The van der Waals surface area contributed by atoms with Crippen LogP contribution >= 0.6 is 11.8 Å². The van der Waals surface area contributed by atoms with Gasteiger partial charge in [-0.3, -0.25) is 4.79 Å². The number of benzene rings is 1. The molecule has 1 amide bonds. The predicted molar refractivity (Wildman–Crippen MR) is 68.3 cm³/mol. The molecule has 1 aromatic carbocycles. The van der Waals surface area contributed by atoms with Gasteiger partial charge in [-0.2, -0.15) is 11.8 Å². The Labute approximate surface area is 104 Å². The first-order valence-electron chi connectivity index (χ1n) is 5.23. The number of amides is 1. The van der Waals surface area contributed by atoms with Crippen molar-refractivity contribution in [3.63, 3.8) is 0 Å². The molecule has 0 aromatic heterocycles. The molecule has 92 valence electrons. The largest absolute Gasteiger partial charge is 0.480 e. The molecule has 0 unspecified atom stereocenters. The molecule has 1 rings (SSSR count). The Kier molecular flexibility index (Phi) is 5.56. The second kappa shape index (κ2) is 6.96. The standard InChI is InChI=1S/C12H15NO3S/c1-17-8-7-10(12(15)16)13-11(14)9-5-3-2-4-6-9/h2-6,10H,7-8H2,1H3,(H,13,14)(H,15,16)/t10-/m1/s1. The summed E-state index contributed by atoms with van der Waals surface area (Å²) in [7, 11) is 0. The SMILES string of the molecule is CSCC[C@@H](NC(=O)c1ccccc1)C(=O)O. The number of nitrogens with one attached hydrogen (secondary N) is 1. The average molecular weight is 253 g/mol. The van der Waals surface area contributed by atoms with Crippen LogP contribution in [0.2, 0.25) is 0 Å². The number of carbonyl (C=O) groups excluding carboxylic acids is 1. The lowest BCUT2D eigenvalue weighted by atomic mass is 10.1. The molecule has 0 fully saturated rings. The van der Waals surface area contributed by atoms with E-state index >= 15 is 0 Å². The summed E-state index contributed by atoms with van der Waals surface area (Å²) in [5, 5.41) is 11.5. The molecular weight excluding hydrogens is 238 g/mol. The maximum atomic E-state index is 11.7. The molecule has 0 saturated carbocycles. The summed E-state index contributed by atoms with van der Waals surface area (Å²) >= 11 is 1.56. The first kappa shape index (κ1) is 13.6. The highest BCUT2D eigenvalue weighted by Gasteiger charge is 2.19. The third-order valence-corrected chi connectivity index (χ3v) is 2.89. The average Bonchev–Trinajstić information content (AvgIpc) is 2.35. The van der Waals surface area contributed by atoms with Gasteiger partial charge in [-0.25, -0.2) is 4.79 Å². The topological polar surface area (TPSA) is 66.4 Å². The molecule has 0 heterocycles. The first-order chi connectivity index (χ1) is 8.15. The van der Waals surface area contributed by atoms with E-state index in [1.54, 1.807) is 42.1 Å². The van der Waals surface area contributed by atoms with Crippen LogP contribution in [0.15, 0.2) is 30.3 Å². The van der Waals surface area contributed by atoms with Crippen molar-refractivity contribution >= 4 is 23.6 Å². The number of hydrogen-bond acceptors (Lipinski definition) is 3. The van der Waals surface area contributed by atoms with Crippen LogP contribution in [0.3, 0.4) is 0 Å². The van der Waals surface area contributed by atoms with Crippen molar-refractivity contribution in [3.8, 4) is 0 Å². The van der Waals surface area contributed by atoms with Crippen LogP contribution in [0.1, 0.15) is 16.8 Å². The van der Waals surface area contributed by atoms with Crippen LogP contribution in [0.25, 0.3) is 0 Å². The maximum absolute atomic E-state index is 11.7. The van der Waals surface area contributed by atoms with Crippen LogP contribution in [0, 0.1) is 0 Å². The number of carboxylic acid groups (broad SMARTS) is 1. The second-order valence-corrected chi connectivity index (χ2v) is 4.50. The van der Waals surface area contributed by atoms with Gasteiger partial charge in [-0.15, -0.1) is 0 Å². The molecule has 5 heteroatoms. The van der Waals surface area contributed by atoms with E-state index in [1.165, 1.54) is 0 Å².